The minimum atomic E-state index is -1.15. The lowest BCUT2D eigenvalue weighted by molar-refractivity contribution is -0.139. The second-order valence-electron chi connectivity index (χ2n) is 6.76. The van der Waals surface area contributed by atoms with E-state index in [1.165, 1.54) is 0 Å². The van der Waals surface area contributed by atoms with E-state index >= 15 is 0 Å². The van der Waals surface area contributed by atoms with Crippen LogP contribution in [0.15, 0.2) is 24.4 Å². The predicted molar refractivity (Wildman–Crippen MR) is 97.1 cm³/mol. The molecule has 1 amide bonds. The topological polar surface area (TPSA) is 101 Å². The summed E-state index contributed by atoms with van der Waals surface area (Å²) in [5.74, 6) is 1.83. The molecular weight excluding hydrogens is 336 g/mol. The smallest absolute Gasteiger partial charge is 0.408 e. The molecule has 0 fully saturated rings. The van der Waals surface area contributed by atoms with Gasteiger partial charge < -0.3 is 24.9 Å². The predicted octanol–water partition coefficient (Wildman–Crippen LogP) is 2.70. The quantitative estimate of drug-likeness (QED) is 0.689. The number of carbonyl (C=O) groups excluding carboxylic acids is 1. The molecule has 138 valence electrons. The zero-order valence-electron chi connectivity index (χ0n) is 15.0. The van der Waals surface area contributed by atoms with Crippen molar-refractivity contribution >= 4 is 23.0 Å². The second kappa shape index (κ2) is 7.83. The number of rotatable bonds is 6. The van der Waals surface area contributed by atoms with Crippen LogP contribution in [0.4, 0.5) is 4.79 Å². The van der Waals surface area contributed by atoms with Gasteiger partial charge in [0.05, 0.1) is 0 Å². The summed E-state index contributed by atoms with van der Waals surface area (Å²) in [5.41, 5.74) is 0.848. The van der Waals surface area contributed by atoms with Crippen molar-refractivity contribution < 1.29 is 24.2 Å². The molecular formula is C19H22N2O5. The maximum Gasteiger partial charge on any atom is 0.408 e. The molecule has 26 heavy (non-hydrogen) atoms. The zero-order valence-corrected chi connectivity index (χ0v) is 15.0. The van der Waals surface area contributed by atoms with Gasteiger partial charge in [-0.25, -0.2) is 9.59 Å². The third kappa shape index (κ3) is 5.18. The van der Waals surface area contributed by atoms with Crippen molar-refractivity contribution in [1.82, 2.24) is 10.3 Å². The fourth-order valence-electron chi connectivity index (χ4n) is 2.41. The molecule has 0 saturated heterocycles. The number of nitrogens with one attached hydrogen (secondary N) is 2. The first kappa shape index (κ1) is 19.2. The Kier molecular flexibility index (Phi) is 5.78. The Labute approximate surface area is 151 Å². The fraction of sp³-hybridized carbons (Fsp3) is 0.368. The Bertz CT molecular complexity index is 842. The molecule has 0 aliphatic carbocycles. The minimum absolute atomic E-state index is 0.0904. The summed E-state index contributed by atoms with van der Waals surface area (Å²) in [4.78, 5) is 26.5. The van der Waals surface area contributed by atoms with Gasteiger partial charge in [-0.15, -0.1) is 6.42 Å². The van der Waals surface area contributed by atoms with E-state index in [0.29, 0.717) is 5.75 Å². The van der Waals surface area contributed by atoms with Crippen LogP contribution in [-0.4, -0.2) is 40.4 Å². The summed E-state index contributed by atoms with van der Waals surface area (Å²) in [6.07, 6.45) is 6.22. The van der Waals surface area contributed by atoms with E-state index in [0.717, 1.165) is 16.5 Å². The van der Waals surface area contributed by atoms with Gasteiger partial charge in [0.1, 0.15) is 24.0 Å². The molecule has 1 heterocycles. The number of terminal acetylenes is 1. The van der Waals surface area contributed by atoms with Crippen molar-refractivity contribution in [2.45, 2.75) is 38.8 Å². The zero-order chi connectivity index (χ0) is 19.3. The number of hydrogen-bond acceptors (Lipinski definition) is 4. The minimum Gasteiger partial charge on any atom is -0.481 e. The third-order valence-electron chi connectivity index (χ3n) is 3.47. The van der Waals surface area contributed by atoms with Crippen molar-refractivity contribution in [3.63, 3.8) is 0 Å². The van der Waals surface area contributed by atoms with Crippen LogP contribution in [0.2, 0.25) is 0 Å². The lowest BCUT2D eigenvalue weighted by Crippen LogP contribution is -2.44. The van der Waals surface area contributed by atoms with Gasteiger partial charge in [0.25, 0.3) is 0 Å². The van der Waals surface area contributed by atoms with Crippen LogP contribution in [0, 0.1) is 12.3 Å². The SMILES string of the molecule is C#CCOc1ccc2[nH]cc(C[C@@H](NC(=O)OC(C)(C)C)C(=O)O)c2c1. The van der Waals surface area contributed by atoms with Crippen LogP contribution in [0.25, 0.3) is 10.9 Å². The van der Waals surface area contributed by atoms with Gasteiger partial charge in [-0.2, -0.15) is 0 Å². The molecule has 7 heteroatoms. The Morgan fingerprint density at radius 3 is 2.73 bits per heavy atom. The van der Waals surface area contributed by atoms with Gasteiger partial charge in [0.15, 0.2) is 0 Å². The molecule has 0 radical (unpaired) electrons. The normalized spacial score (nSPS) is 12.2. The molecule has 0 unspecified atom stereocenters. The molecule has 0 saturated carbocycles. The van der Waals surface area contributed by atoms with Crippen molar-refractivity contribution in [2.24, 2.45) is 0 Å². The maximum atomic E-state index is 11.9. The summed E-state index contributed by atoms with van der Waals surface area (Å²) >= 11 is 0. The molecule has 1 atom stereocenters. The van der Waals surface area contributed by atoms with E-state index in [2.05, 4.69) is 16.2 Å². The number of fused-ring (bicyclic) bond motifs is 1. The molecule has 0 spiro atoms. The Hall–Kier alpha value is -3.14. The van der Waals surface area contributed by atoms with E-state index < -0.39 is 23.7 Å². The molecule has 2 aromatic rings. The first-order valence-electron chi connectivity index (χ1n) is 8.08. The van der Waals surface area contributed by atoms with Crippen LogP contribution in [-0.2, 0) is 16.0 Å². The standard InChI is InChI=1S/C19H22N2O5/c1-5-8-25-13-6-7-15-14(10-13)12(11-20-15)9-16(17(22)23)21-18(24)26-19(2,3)4/h1,6-7,10-11,16,20H,8-9H2,2-4H3,(H,21,24)(H,22,23)/t16-/m1/s1. The van der Waals surface area contributed by atoms with Gasteiger partial charge in [-0.3, -0.25) is 0 Å². The van der Waals surface area contributed by atoms with Crippen LogP contribution in [0.5, 0.6) is 5.75 Å². The van der Waals surface area contributed by atoms with E-state index in [1.54, 1.807) is 39.1 Å². The number of aliphatic carboxylic acids is 1. The largest absolute Gasteiger partial charge is 0.481 e. The van der Waals surface area contributed by atoms with Gasteiger partial charge >= 0.3 is 12.1 Å². The van der Waals surface area contributed by atoms with Crippen molar-refractivity contribution in [3.05, 3.63) is 30.0 Å². The molecule has 0 aliphatic heterocycles. The number of ether oxygens (including phenoxy) is 2. The summed E-state index contributed by atoms with van der Waals surface area (Å²) in [6, 6.07) is 4.25. The third-order valence-corrected chi connectivity index (χ3v) is 3.47. The number of carboxylic acids is 1. The number of benzene rings is 1. The van der Waals surface area contributed by atoms with Gasteiger partial charge in [-0.1, -0.05) is 5.92 Å². The number of H-pyrrole nitrogens is 1. The van der Waals surface area contributed by atoms with E-state index in [4.69, 9.17) is 15.9 Å². The molecule has 1 aromatic heterocycles. The Morgan fingerprint density at radius 2 is 2.12 bits per heavy atom. The number of alkyl carbamates (subject to hydrolysis) is 1. The summed E-state index contributed by atoms with van der Waals surface area (Å²) in [7, 11) is 0. The average Bonchev–Trinajstić information content (AvgIpc) is 2.92. The number of hydrogen-bond donors (Lipinski definition) is 3. The van der Waals surface area contributed by atoms with E-state index in [-0.39, 0.29) is 13.0 Å². The van der Waals surface area contributed by atoms with E-state index in [1.807, 2.05) is 6.07 Å². The lowest BCUT2D eigenvalue weighted by atomic mass is 10.0. The molecule has 3 N–H and O–H groups in total. The summed E-state index contributed by atoms with van der Waals surface area (Å²) in [5, 5.41) is 12.6. The van der Waals surface area contributed by atoms with Crippen molar-refractivity contribution in [2.75, 3.05) is 6.61 Å². The van der Waals surface area contributed by atoms with Gasteiger partial charge in [0, 0.05) is 23.5 Å². The monoisotopic (exact) mass is 358 g/mol. The van der Waals surface area contributed by atoms with Crippen LogP contribution < -0.4 is 10.1 Å². The highest BCUT2D eigenvalue weighted by molar-refractivity contribution is 5.86. The number of carbonyl (C=O) groups is 2. The highest BCUT2D eigenvalue weighted by atomic mass is 16.6. The van der Waals surface area contributed by atoms with Crippen molar-refractivity contribution in [1.29, 1.82) is 0 Å². The Morgan fingerprint density at radius 1 is 1.38 bits per heavy atom. The van der Waals surface area contributed by atoms with Gasteiger partial charge in [-0.05, 0) is 44.5 Å². The number of aromatic amines is 1. The van der Waals surface area contributed by atoms with Crippen LogP contribution in [0.3, 0.4) is 0 Å². The highest BCUT2D eigenvalue weighted by Crippen LogP contribution is 2.25. The molecule has 1 aromatic carbocycles. The highest BCUT2D eigenvalue weighted by Gasteiger charge is 2.25. The molecule has 2 rings (SSSR count). The molecule has 0 bridgehead atoms. The van der Waals surface area contributed by atoms with Crippen LogP contribution in [0.1, 0.15) is 26.3 Å². The van der Waals surface area contributed by atoms with Crippen LogP contribution >= 0.6 is 0 Å². The average molecular weight is 358 g/mol. The second-order valence-corrected chi connectivity index (χ2v) is 6.76. The number of aromatic nitrogens is 1. The fourth-order valence-corrected chi connectivity index (χ4v) is 2.41. The summed E-state index contributed by atoms with van der Waals surface area (Å²) in [6.45, 7) is 5.27. The molecule has 0 aliphatic rings. The van der Waals surface area contributed by atoms with Gasteiger partial charge in [0.2, 0.25) is 0 Å². The first-order valence-corrected chi connectivity index (χ1v) is 8.08. The first-order chi connectivity index (χ1) is 12.2. The van der Waals surface area contributed by atoms with E-state index in [9.17, 15) is 14.7 Å². The maximum absolute atomic E-state index is 11.9. The van der Waals surface area contributed by atoms with Crippen molar-refractivity contribution in [3.8, 4) is 18.1 Å². The lowest BCUT2D eigenvalue weighted by Gasteiger charge is -2.22. The molecule has 7 nitrogen and oxygen atoms in total. The number of carboxylic acid groups (broad SMARTS) is 1. The number of amides is 1. The Balaban J connectivity index is 2.19. The summed E-state index contributed by atoms with van der Waals surface area (Å²) < 4.78 is 10.5.